The second-order valence-corrected chi connectivity index (χ2v) is 5.79. The minimum Gasteiger partial charge on any atom is -0.321 e. The molecule has 0 aliphatic heterocycles. The van der Waals surface area contributed by atoms with E-state index in [1.165, 1.54) is 16.8 Å². The van der Waals surface area contributed by atoms with E-state index >= 15 is 0 Å². The van der Waals surface area contributed by atoms with E-state index in [0.29, 0.717) is 6.42 Å². The molecule has 1 nitrogen and oxygen atoms in total. The quantitative estimate of drug-likeness (QED) is 0.755. The molecule has 3 rings (SSSR count). The maximum absolute atomic E-state index is 13.3. The van der Waals surface area contributed by atoms with Crippen molar-refractivity contribution in [3.05, 3.63) is 83.7 Å². The molecule has 3 aromatic carbocycles. The van der Waals surface area contributed by atoms with Crippen LogP contribution in [0, 0.1) is 5.82 Å². The summed E-state index contributed by atoms with van der Waals surface area (Å²) >= 11 is 0. The lowest BCUT2D eigenvalue weighted by Crippen LogP contribution is -2.35. The molecule has 2 heteroatoms. The van der Waals surface area contributed by atoms with E-state index in [0.717, 1.165) is 11.1 Å². The fraction of sp³-hybridized carbons (Fsp3) is 0.158. The Morgan fingerprint density at radius 2 is 1.67 bits per heavy atom. The van der Waals surface area contributed by atoms with Crippen molar-refractivity contribution in [2.75, 3.05) is 0 Å². The molecule has 0 bridgehead atoms. The van der Waals surface area contributed by atoms with Crippen LogP contribution < -0.4 is 5.73 Å². The second kappa shape index (κ2) is 5.30. The maximum atomic E-state index is 13.3. The molecule has 0 aliphatic rings. The normalized spacial score (nSPS) is 14.0. The highest BCUT2D eigenvalue weighted by Crippen LogP contribution is 2.26. The summed E-state index contributed by atoms with van der Waals surface area (Å²) in [4.78, 5) is 0. The zero-order valence-electron chi connectivity index (χ0n) is 12.0. The van der Waals surface area contributed by atoms with Crippen LogP contribution in [0.15, 0.2) is 66.7 Å². The highest BCUT2D eigenvalue weighted by Gasteiger charge is 2.22. The molecule has 0 aliphatic carbocycles. The lowest BCUT2D eigenvalue weighted by atomic mass is 9.85. The summed E-state index contributed by atoms with van der Waals surface area (Å²) in [6.07, 6.45) is 0.600. The van der Waals surface area contributed by atoms with E-state index in [2.05, 4.69) is 30.3 Å². The SMILES string of the molecule is CC(N)(Cc1cccc(F)c1)c1ccc2ccccc2c1. The van der Waals surface area contributed by atoms with Crippen molar-refractivity contribution in [1.29, 1.82) is 0 Å². The third kappa shape index (κ3) is 2.96. The molecule has 2 N–H and O–H groups in total. The van der Waals surface area contributed by atoms with Crippen molar-refractivity contribution in [3.8, 4) is 0 Å². The largest absolute Gasteiger partial charge is 0.321 e. The van der Waals surface area contributed by atoms with Crippen molar-refractivity contribution in [2.24, 2.45) is 5.73 Å². The summed E-state index contributed by atoms with van der Waals surface area (Å²) < 4.78 is 13.3. The zero-order chi connectivity index (χ0) is 14.9. The van der Waals surface area contributed by atoms with Gasteiger partial charge in [-0.3, -0.25) is 0 Å². The predicted octanol–water partition coefficient (Wildman–Crippen LogP) is 4.40. The highest BCUT2D eigenvalue weighted by molar-refractivity contribution is 5.83. The number of rotatable bonds is 3. The fourth-order valence-corrected chi connectivity index (χ4v) is 2.72. The van der Waals surface area contributed by atoms with Crippen molar-refractivity contribution in [1.82, 2.24) is 0 Å². The summed E-state index contributed by atoms with van der Waals surface area (Å²) in [6, 6.07) is 21.1. The first-order chi connectivity index (χ1) is 10.0. The highest BCUT2D eigenvalue weighted by atomic mass is 19.1. The van der Waals surface area contributed by atoms with Crippen molar-refractivity contribution in [2.45, 2.75) is 18.9 Å². The summed E-state index contributed by atoms with van der Waals surface area (Å²) in [6.45, 7) is 1.99. The molecule has 0 spiro atoms. The Morgan fingerprint density at radius 1 is 0.905 bits per heavy atom. The number of halogens is 1. The Kier molecular flexibility index (Phi) is 3.48. The standard InChI is InChI=1S/C19H18FN/c1-19(21,13-14-5-4-8-18(20)11-14)17-10-9-15-6-2-3-7-16(15)12-17/h2-12H,13,21H2,1H3. The summed E-state index contributed by atoms with van der Waals surface area (Å²) in [5, 5.41) is 2.37. The zero-order valence-corrected chi connectivity index (χ0v) is 12.0. The molecule has 0 heterocycles. The van der Waals surface area contributed by atoms with Gasteiger partial charge >= 0.3 is 0 Å². The van der Waals surface area contributed by atoms with Crippen molar-refractivity contribution < 1.29 is 4.39 Å². The molecule has 0 amide bonds. The molecular formula is C19H18FN. The minimum atomic E-state index is -0.530. The van der Waals surface area contributed by atoms with Crippen LogP contribution >= 0.6 is 0 Å². The van der Waals surface area contributed by atoms with Crippen LogP contribution in [-0.4, -0.2) is 0 Å². The molecular weight excluding hydrogens is 261 g/mol. The molecule has 0 saturated heterocycles. The van der Waals surface area contributed by atoms with Gasteiger partial charge in [0.2, 0.25) is 0 Å². The van der Waals surface area contributed by atoms with E-state index in [1.54, 1.807) is 12.1 Å². The van der Waals surface area contributed by atoms with Gasteiger partial charge in [-0.05, 0) is 53.4 Å². The topological polar surface area (TPSA) is 26.0 Å². The lowest BCUT2D eigenvalue weighted by Gasteiger charge is -2.26. The van der Waals surface area contributed by atoms with Gasteiger partial charge in [-0.2, -0.15) is 0 Å². The Hall–Kier alpha value is -2.19. The van der Waals surface area contributed by atoms with Gasteiger partial charge in [-0.25, -0.2) is 4.39 Å². The minimum absolute atomic E-state index is 0.221. The van der Waals surface area contributed by atoms with Crippen LogP contribution in [0.1, 0.15) is 18.1 Å². The molecule has 0 saturated carbocycles. The Balaban J connectivity index is 1.95. The van der Waals surface area contributed by atoms with E-state index in [9.17, 15) is 4.39 Å². The summed E-state index contributed by atoms with van der Waals surface area (Å²) in [5.74, 6) is -0.221. The average molecular weight is 279 g/mol. The molecule has 1 unspecified atom stereocenters. The molecule has 106 valence electrons. The monoisotopic (exact) mass is 279 g/mol. The number of nitrogens with two attached hydrogens (primary N) is 1. The van der Waals surface area contributed by atoms with Gasteiger partial charge in [0, 0.05) is 5.54 Å². The van der Waals surface area contributed by atoms with Gasteiger partial charge in [-0.1, -0.05) is 48.5 Å². The number of fused-ring (bicyclic) bond motifs is 1. The van der Waals surface area contributed by atoms with Crippen molar-refractivity contribution >= 4 is 10.8 Å². The number of benzene rings is 3. The number of hydrogen-bond donors (Lipinski definition) is 1. The van der Waals surface area contributed by atoms with Gasteiger partial charge in [0.05, 0.1) is 0 Å². The molecule has 0 aromatic heterocycles. The average Bonchev–Trinajstić information content (AvgIpc) is 2.46. The van der Waals surface area contributed by atoms with E-state index in [4.69, 9.17) is 5.73 Å². The summed E-state index contributed by atoms with van der Waals surface area (Å²) in [5.41, 5.74) is 7.93. The van der Waals surface area contributed by atoms with E-state index < -0.39 is 5.54 Å². The second-order valence-electron chi connectivity index (χ2n) is 5.79. The first-order valence-electron chi connectivity index (χ1n) is 7.07. The fourth-order valence-electron chi connectivity index (χ4n) is 2.72. The van der Waals surface area contributed by atoms with E-state index in [1.807, 2.05) is 25.1 Å². The summed E-state index contributed by atoms with van der Waals surface area (Å²) in [7, 11) is 0. The predicted molar refractivity (Wildman–Crippen MR) is 85.6 cm³/mol. The maximum Gasteiger partial charge on any atom is 0.123 e. The molecule has 1 atom stereocenters. The first kappa shape index (κ1) is 13.8. The van der Waals surface area contributed by atoms with Crippen LogP contribution in [-0.2, 0) is 12.0 Å². The lowest BCUT2D eigenvalue weighted by molar-refractivity contribution is 0.490. The van der Waals surface area contributed by atoms with Crippen LogP contribution in [0.2, 0.25) is 0 Å². The van der Waals surface area contributed by atoms with E-state index in [-0.39, 0.29) is 5.82 Å². The third-order valence-corrected chi connectivity index (χ3v) is 3.87. The van der Waals surface area contributed by atoms with Crippen molar-refractivity contribution in [3.63, 3.8) is 0 Å². The van der Waals surface area contributed by atoms with Gasteiger partial charge in [0.25, 0.3) is 0 Å². The Bertz CT molecular complexity index is 777. The van der Waals surface area contributed by atoms with Gasteiger partial charge in [0.1, 0.15) is 5.82 Å². The van der Waals surface area contributed by atoms with Gasteiger partial charge in [0.15, 0.2) is 0 Å². The Morgan fingerprint density at radius 3 is 2.43 bits per heavy atom. The molecule has 3 aromatic rings. The first-order valence-corrected chi connectivity index (χ1v) is 7.07. The van der Waals surface area contributed by atoms with Crippen LogP contribution in [0.4, 0.5) is 4.39 Å². The Labute approximate surface area is 124 Å². The molecule has 0 radical (unpaired) electrons. The number of hydrogen-bond acceptors (Lipinski definition) is 1. The smallest absolute Gasteiger partial charge is 0.123 e. The van der Waals surface area contributed by atoms with Crippen LogP contribution in [0.5, 0.6) is 0 Å². The third-order valence-electron chi connectivity index (χ3n) is 3.87. The molecule has 21 heavy (non-hydrogen) atoms. The van der Waals surface area contributed by atoms with Crippen LogP contribution in [0.25, 0.3) is 10.8 Å². The van der Waals surface area contributed by atoms with Gasteiger partial charge in [-0.15, -0.1) is 0 Å². The van der Waals surface area contributed by atoms with Gasteiger partial charge < -0.3 is 5.73 Å². The molecule has 0 fully saturated rings. The van der Waals surface area contributed by atoms with Crippen LogP contribution in [0.3, 0.4) is 0 Å².